The number of rotatable bonds is 4. The molecule has 2 aromatic heterocycles. The Morgan fingerprint density at radius 3 is 2.63 bits per heavy atom. The Bertz CT molecular complexity index is 1210. The van der Waals surface area contributed by atoms with Crippen molar-refractivity contribution >= 4 is 22.1 Å². The number of nitrogens with zero attached hydrogens (tertiary/aromatic N) is 3. The van der Waals surface area contributed by atoms with Crippen molar-refractivity contribution in [2.75, 3.05) is 0 Å². The van der Waals surface area contributed by atoms with Crippen LogP contribution in [0.2, 0.25) is 0 Å². The van der Waals surface area contributed by atoms with Crippen LogP contribution in [0.15, 0.2) is 40.8 Å². The van der Waals surface area contributed by atoms with E-state index < -0.39 is 0 Å². The van der Waals surface area contributed by atoms with Crippen molar-refractivity contribution in [1.82, 2.24) is 9.55 Å². The summed E-state index contributed by atoms with van der Waals surface area (Å²) in [5, 5.41) is 0. The van der Waals surface area contributed by atoms with Gasteiger partial charge in [-0.2, -0.15) is 0 Å². The van der Waals surface area contributed by atoms with Gasteiger partial charge in [-0.25, -0.2) is 14.1 Å². The average Bonchev–Trinajstić information content (AvgIpc) is 3.27. The molecule has 0 N–H and O–H groups in total. The van der Waals surface area contributed by atoms with Crippen molar-refractivity contribution in [3.63, 3.8) is 0 Å². The second-order valence-corrected chi connectivity index (χ2v) is 9.34. The summed E-state index contributed by atoms with van der Waals surface area (Å²) < 4.78 is 11.1. The minimum Gasteiger partial charge on any atom is -0.441 e. The van der Waals surface area contributed by atoms with E-state index in [1.54, 1.807) is 0 Å². The van der Waals surface area contributed by atoms with E-state index in [1.807, 2.05) is 0 Å². The first kappa shape index (κ1) is 19.3. The Kier molecular flexibility index (Phi) is 4.88. The number of hydrogen-bond donors (Lipinski definition) is 0. The second kappa shape index (κ2) is 7.57. The van der Waals surface area contributed by atoms with Gasteiger partial charge in [0.15, 0.2) is 22.5 Å². The Hall–Kier alpha value is -2.62. The molecule has 5 rings (SSSR count). The summed E-state index contributed by atoms with van der Waals surface area (Å²) in [5.74, 6) is 2.62. The van der Waals surface area contributed by atoms with Crippen molar-refractivity contribution in [2.45, 2.75) is 65.3 Å². The molecule has 1 saturated carbocycles. The first-order valence-corrected chi connectivity index (χ1v) is 11.4. The topological polar surface area (TPSA) is 34.8 Å². The lowest BCUT2D eigenvalue weighted by molar-refractivity contribution is -0.634. The number of aryl methyl sites for hydroxylation is 2. The third-order valence-electron chi connectivity index (χ3n) is 6.61. The van der Waals surface area contributed by atoms with Crippen LogP contribution in [0.5, 0.6) is 0 Å². The maximum absolute atomic E-state index is 6.17. The SMILES string of the molecule is Cc1ccc2oc(CC(C)C)nc2c1-c1n(C2CCCCC2)c2ccccc2[n+]1C. The third-order valence-corrected chi connectivity index (χ3v) is 6.61. The summed E-state index contributed by atoms with van der Waals surface area (Å²) in [7, 11) is 2.20. The zero-order valence-corrected chi connectivity index (χ0v) is 18.6. The summed E-state index contributed by atoms with van der Waals surface area (Å²) in [5.41, 5.74) is 6.97. The van der Waals surface area contributed by atoms with Crippen LogP contribution in [-0.2, 0) is 13.5 Å². The molecule has 0 bridgehead atoms. The highest BCUT2D eigenvalue weighted by atomic mass is 16.3. The maximum atomic E-state index is 6.17. The smallest absolute Gasteiger partial charge is 0.292 e. The lowest BCUT2D eigenvalue weighted by Crippen LogP contribution is -2.31. The predicted octanol–water partition coefficient (Wildman–Crippen LogP) is 6.29. The van der Waals surface area contributed by atoms with Crippen LogP contribution >= 0.6 is 0 Å². The number of para-hydroxylation sites is 2. The zero-order chi connectivity index (χ0) is 20.8. The minimum absolute atomic E-state index is 0.521. The van der Waals surface area contributed by atoms with Gasteiger partial charge in [-0.1, -0.05) is 38.5 Å². The highest BCUT2D eigenvalue weighted by Crippen LogP contribution is 2.38. The lowest BCUT2D eigenvalue weighted by atomic mass is 9.94. The molecule has 0 radical (unpaired) electrons. The van der Waals surface area contributed by atoms with Crippen molar-refractivity contribution in [3.8, 4) is 11.4 Å². The van der Waals surface area contributed by atoms with E-state index >= 15 is 0 Å². The summed E-state index contributed by atoms with van der Waals surface area (Å²) in [4.78, 5) is 4.99. The van der Waals surface area contributed by atoms with E-state index in [4.69, 9.17) is 9.40 Å². The van der Waals surface area contributed by atoms with Crippen molar-refractivity contribution < 1.29 is 8.98 Å². The van der Waals surface area contributed by atoms with Crippen molar-refractivity contribution in [1.29, 1.82) is 0 Å². The van der Waals surface area contributed by atoms with Gasteiger partial charge < -0.3 is 4.42 Å². The van der Waals surface area contributed by atoms with Gasteiger partial charge >= 0.3 is 0 Å². The number of imidazole rings is 1. The van der Waals surface area contributed by atoms with Crippen LogP contribution in [0.3, 0.4) is 0 Å². The quantitative estimate of drug-likeness (QED) is 0.376. The number of hydrogen-bond acceptors (Lipinski definition) is 2. The van der Waals surface area contributed by atoms with Crippen molar-refractivity contribution in [2.24, 2.45) is 13.0 Å². The van der Waals surface area contributed by atoms with E-state index in [0.717, 1.165) is 23.4 Å². The van der Waals surface area contributed by atoms with Gasteiger partial charge in [0.1, 0.15) is 11.6 Å². The molecule has 0 unspecified atom stereocenters. The molecule has 0 saturated heterocycles. The molecule has 0 aliphatic heterocycles. The van der Waals surface area contributed by atoms with Gasteiger partial charge in [0.05, 0.1) is 12.6 Å². The summed E-state index contributed by atoms with van der Waals surface area (Å²) >= 11 is 0. The molecular formula is C26H32N3O+. The van der Waals surface area contributed by atoms with Crippen molar-refractivity contribution in [3.05, 3.63) is 47.9 Å². The van der Waals surface area contributed by atoms with E-state index in [9.17, 15) is 0 Å². The van der Waals surface area contributed by atoms with Gasteiger partial charge in [-0.3, -0.25) is 0 Å². The Labute approximate surface area is 178 Å². The third kappa shape index (κ3) is 3.13. The van der Waals surface area contributed by atoms with Gasteiger partial charge in [-0.05, 0) is 62.3 Å². The van der Waals surface area contributed by atoms with Gasteiger partial charge in [0.2, 0.25) is 0 Å². The molecule has 0 atom stereocenters. The largest absolute Gasteiger partial charge is 0.441 e. The highest BCUT2D eigenvalue weighted by molar-refractivity contribution is 5.92. The molecule has 4 aromatic rings. The zero-order valence-electron chi connectivity index (χ0n) is 18.6. The molecule has 4 nitrogen and oxygen atoms in total. The number of aromatic nitrogens is 3. The maximum Gasteiger partial charge on any atom is 0.292 e. The monoisotopic (exact) mass is 402 g/mol. The molecule has 1 fully saturated rings. The standard InChI is InChI=1S/C26H32N3O/c1-17(2)16-23-27-25-22(30-23)15-14-18(3)24(25)26-28(4)20-12-8-9-13-21(20)29(26)19-10-6-5-7-11-19/h8-9,12-15,17,19H,5-7,10-11,16H2,1-4H3/q+1. The molecule has 1 aliphatic carbocycles. The van der Waals surface area contributed by atoms with Crippen LogP contribution in [0.4, 0.5) is 0 Å². The molecule has 1 aliphatic rings. The Balaban J connectivity index is 1.81. The molecular weight excluding hydrogens is 370 g/mol. The van der Waals surface area contributed by atoms with Gasteiger partial charge in [0.25, 0.3) is 5.82 Å². The van der Waals surface area contributed by atoms with E-state index in [0.29, 0.717) is 12.0 Å². The molecule has 30 heavy (non-hydrogen) atoms. The molecule has 0 amide bonds. The number of oxazole rings is 1. The fraction of sp³-hybridized carbons (Fsp3) is 0.462. The fourth-order valence-electron chi connectivity index (χ4n) is 5.20. The van der Waals surface area contributed by atoms with E-state index in [2.05, 4.69) is 73.4 Å². The van der Waals surface area contributed by atoms with Crippen LogP contribution in [0, 0.1) is 12.8 Å². The summed E-state index contributed by atoms with van der Waals surface area (Å²) in [6, 6.07) is 13.6. The van der Waals surface area contributed by atoms with Crippen LogP contribution in [-0.4, -0.2) is 9.55 Å². The van der Waals surface area contributed by atoms with Gasteiger partial charge in [0, 0.05) is 6.42 Å². The second-order valence-electron chi connectivity index (χ2n) is 9.34. The average molecular weight is 403 g/mol. The fourth-order valence-corrected chi connectivity index (χ4v) is 5.20. The lowest BCUT2D eigenvalue weighted by Gasteiger charge is -2.21. The Morgan fingerprint density at radius 2 is 1.87 bits per heavy atom. The first-order chi connectivity index (χ1) is 14.5. The van der Waals surface area contributed by atoms with E-state index in [-0.39, 0.29) is 0 Å². The number of fused-ring (bicyclic) bond motifs is 2. The minimum atomic E-state index is 0.521. The molecule has 0 spiro atoms. The molecule has 156 valence electrons. The molecule has 4 heteroatoms. The molecule has 2 aromatic carbocycles. The summed E-state index contributed by atoms with van der Waals surface area (Å²) in [6.07, 6.45) is 7.34. The van der Waals surface area contributed by atoms with Crippen LogP contribution < -0.4 is 4.57 Å². The highest BCUT2D eigenvalue weighted by Gasteiger charge is 2.33. The van der Waals surface area contributed by atoms with Crippen LogP contribution in [0.1, 0.15) is 63.4 Å². The first-order valence-electron chi connectivity index (χ1n) is 11.4. The predicted molar refractivity (Wildman–Crippen MR) is 122 cm³/mol. The van der Waals surface area contributed by atoms with E-state index in [1.165, 1.54) is 60.1 Å². The number of benzene rings is 2. The van der Waals surface area contributed by atoms with Crippen LogP contribution in [0.25, 0.3) is 33.5 Å². The summed E-state index contributed by atoms with van der Waals surface area (Å²) in [6.45, 7) is 6.62. The van der Waals surface area contributed by atoms with Gasteiger partial charge in [-0.15, -0.1) is 0 Å². The normalized spacial score (nSPS) is 15.6. The Morgan fingerprint density at radius 1 is 1.10 bits per heavy atom. The molecule has 2 heterocycles.